The van der Waals surface area contributed by atoms with Gasteiger partial charge >= 0.3 is 0 Å². The van der Waals surface area contributed by atoms with Crippen LogP contribution in [0.25, 0.3) is 0 Å². The van der Waals surface area contributed by atoms with Crippen molar-refractivity contribution in [3.63, 3.8) is 0 Å². The maximum absolute atomic E-state index is 13.8. The Kier molecular flexibility index (Phi) is 3.43. The maximum atomic E-state index is 13.8. The summed E-state index contributed by atoms with van der Waals surface area (Å²) in [6, 6.07) is 4.34. The van der Waals surface area contributed by atoms with Crippen LogP contribution in [0.1, 0.15) is 12.8 Å². The highest BCUT2D eigenvalue weighted by Crippen LogP contribution is 2.29. The van der Waals surface area contributed by atoms with E-state index in [1.807, 2.05) is 0 Å². The van der Waals surface area contributed by atoms with Gasteiger partial charge in [0.15, 0.2) is 0 Å². The van der Waals surface area contributed by atoms with Crippen molar-refractivity contribution in [1.82, 2.24) is 9.21 Å². The lowest BCUT2D eigenvalue weighted by Gasteiger charge is -2.34. The van der Waals surface area contributed by atoms with Crippen molar-refractivity contribution in [1.29, 1.82) is 0 Å². The molecule has 1 saturated heterocycles. The van der Waals surface area contributed by atoms with Gasteiger partial charge in [0, 0.05) is 37.9 Å². The summed E-state index contributed by atoms with van der Waals surface area (Å²) in [5.74, 6) is -0.783. The second-order valence-electron chi connectivity index (χ2n) is 5.36. The molecule has 1 aromatic carbocycles. The Hall–Kier alpha value is -1.18. The van der Waals surface area contributed by atoms with Crippen LogP contribution in [0.15, 0.2) is 23.1 Å². The summed E-state index contributed by atoms with van der Waals surface area (Å²) in [5.41, 5.74) is 5.67. The van der Waals surface area contributed by atoms with Gasteiger partial charge in [-0.3, -0.25) is 4.90 Å². The minimum Gasteiger partial charge on any atom is -0.399 e. The third-order valence-electron chi connectivity index (χ3n) is 3.91. The van der Waals surface area contributed by atoms with E-state index in [9.17, 15) is 12.8 Å². The van der Waals surface area contributed by atoms with Crippen molar-refractivity contribution >= 4 is 15.7 Å². The molecule has 0 radical (unpaired) electrons. The Morgan fingerprint density at radius 3 is 2.35 bits per heavy atom. The van der Waals surface area contributed by atoms with Crippen LogP contribution in [0.2, 0.25) is 0 Å². The third-order valence-corrected chi connectivity index (χ3v) is 5.84. The molecule has 0 bridgehead atoms. The van der Waals surface area contributed by atoms with Crippen LogP contribution in [0, 0.1) is 5.82 Å². The summed E-state index contributed by atoms with van der Waals surface area (Å²) >= 11 is 0. The number of nitrogen functional groups attached to an aromatic ring is 1. The topological polar surface area (TPSA) is 66.6 Å². The van der Waals surface area contributed by atoms with Crippen molar-refractivity contribution in [2.45, 2.75) is 23.8 Å². The van der Waals surface area contributed by atoms with Crippen molar-refractivity contribution in [3.8, 4) is 0 Å². The number of rotatable bonds is 3. The second-order valence-corrected chi connectivity index (χ2v) is 7.27. The summed E-state index contributed by atoms with van der Waals surface area (Å²) < 4.78 is 40.1. The van der Waals surface area contributed by atoms with E-state index in [1.165, 1.54) is 29.3 Å². The molecule has 7 heteroatoms. The smallest absolute Gasteiger partial charge is 0.246 e. The van der Waals surface area contributed by atoms with E-state index in [0.717, 1.165) is 19.2 Å². The predicted octanol–water partition coefficient (Wildman–Crippen LogP) is 0.877. The average molecular weight is 299 g/mol. The number of anilines is 1. The van der Waals surface area contributed by atoms with E-state index in [0.29, 0.717) is 19.1 Å². The van der Waals surface area contributed by atoms with Gasteiger partial charge in [-0.05, 0) is 31.0 Å². The molecule has 0 atom stereocenters. The molecule has 0 spiro atoms. The molecule has 5 nitrogen and oxygen atoms in total. The van der Waals surface area contributed by atoms with Gasteiger partial charge in [-0.2, -0.15) is 4.31 Å². The number of hydrogen-bond donors (Lipinski definition) is 1. The zero-order chi connectivity index (χ0) is 14.3. The standard InChI is InChI=1S/C13H18FN3O2S/c14-12-9-10(15)1-4-13(12)20(18,19)17-7-5-16(6-8-17)11-2-3-11/h1,4,9,11H,2-3,5-8,15H2. The molecule has 110 valence electrons. The number of benzene rings is 1. The molecule has 0 amide bonds. The number of nitrogens with zero attached hydrogens (tertiary/aromatic N) is 2. The molecule has 1 aromatic rings. The summed E-state index contributed by atoms with van der Waals surface area (Å²) in [4.78, 5) is 2.03. The van der Waals surface area contributed by atoms with Gasteiger partial charge in [-0.25, -0.2) is 12.8 Å². The maximum Gasteiger partial charge on any atom is 0.246 e. The largest absolute Gasteiger partial charge is 0.399 e. The lowest BCUT2D eigenvalue weighted by Crippen LogP contribution is -2.49. The number of sulfonamides is 1. The average Bonchev–Trinajstić information content (AvgIpc) is 3.22. The monoisotopic (exact) mass is 299 g/mol. The second kappa shape index (κ2) is 4.98. The SMILES string of the molecule is Nc1ccc(S(=O)(=O)N2CCN(C3CC3)CC2)c(F)c1. The van der Waals surface area contributed by atoms with E-state index >= 15 is 0 Å². The Labute approximate surface area is 118 Å². The van der Waals surface area contributed by atoms with Crippen molar-refractivity contribution in [2.24, 2.45) is 0 Å². The van der Waals surface area contributed by atoms with Crippen molar-refractivity contribution in [3.05, 3.63) is 24.0 Å². The van der Waals surface area contributed by atoms with Gasteiger partial charge in [-0.15, -0.1) is 0 Å². The predicted molar refractivity (Wildman–Crippen MR) is 74.2 cm³/mol. The number of piperazine rings is 1. The first-order chi connectivity index (χ1) is 9.48. The van der Waals surface area contributed by atoms with E-state index in [4.69, 9.17) is 5.73 Å². The molecule has 0 unspecified atom stereocenters. The first-order valence-electron chi connectivity index (χ1n) is 6.78. The van der Waals surface area contributed by atoms with Crippen LogP contribution >= 0.6 is 0 Å². The summed E-state index contributed by atoms with van der Waals surface area (Å²) in [7, 11) is -3.76. The van der Waals surface area contributed by atoms with Crippen LogP contribution in [0.4, 0.5) is 10.1 Å². The van der Waals surface area contributed by atoms with Gasteiger partial charge in [0.25, 0.3) is 0 Å². The van der Waals surface area contributed by atoms with E-state index in [-0.39, 0.29) is 10.6 Å². The quantitative estimate of drug-likeness (QED) is 0.841. The summed E-state index contributed by atoms with van der Waals surface area (Å²) in [6.45, 7) is 2.28. The van der Waals surface area contributed by atoms with Crippen LogP contribution in [-0.4, -0.2) is 49.8 Å². The highest BCUT2D eigenvalue weighted by molar-refractivity contribution is 7.89. The molecule has 1 heterocycles. The van der Waals surface area contributed by atoms with E-state index < -0.39 is 15.8 Å². The summed E-state index contributed by atoms with van der Waals surface area (Å²) in [6.07, 6.45) is 2.42. The Morgan fingerprint density at radius 1 is 1.15 bits per heavy atom. The van der Waals surface area contributed by atoms with Crippen LogP contribution < -0.4 is 5.73 Å². The van der Waals surface area contributed by atoms with Crippen molar-refractivity contribution < 1.29 is 12.8 Å². The minimum absolute atomic E-state index is 0.222. The van der Waals surface area contributed by atoms with E-state index in [2.05, 4.69) is 4.90 Å². The fourth-order valence-corrected chi connectivity index (χ4v) is 4.08. The molecule has 1 aliphatic carbocycles. The molecule has 0 aromatic heterocycles. The molecule has 1 saturated carbocycles. The molecular weight excluding hydrogens is 281 g/mol. The Morgan fingerprint density at radius 2 is 1.80 bits per heavy atom. The number of halogens is 1. The number of hydrogen-bond acceptors (Lipinski definition) is 4. The first kappa shape index (κ1) is 13.8. The lowest BCUT2D eigenvalue weighted by atomic mass is 10.3. The molecule has 2 aliphatic rings. The fourth-order valence-electron chi connectivity index (χ4n) is 2.61. The molecule has 2 N–H and O–H groups in total. The zero-order valence-electron chi connectivity index (χ0n) is 11.1. The van der Waals surface area contributed by atoms with Gasteiger partial charge in [0.1, 0.15) is 10.7 Å². The van der Waals surface area contributed by atoms with Crippen LogP contribution in [-0.2, 0) is 10.0 Å². The number of nitrogens with two attached hydrogens (primary N) is 1. The zero-order valence-corrected chi connectivity index (χ0v) is 11.9. The third kappa shape index (κ3) is 2.53. The van der Waals surface area contributed by atoms with Crippen molar-refractivity contribution in [2.75, 3.05) is 31.9 Å². The van der Waals surface area contributed by atoms with E-state index in [1.54, 1.807) is 0 Å². The molecule has 1 aliphatic heterocycles. The van der Waals surface area contributed by atoms with Crippen LogP contribution in [0.3, 0.4) is 0 Å². The van der Waals surface area contributed by atoms with Gasteiger partial charge in [0.05, 0.1) is 0 Å². The fraction of sp³-hybridized carbons (Fsp3) is 0.538. The van der Waals surface area contributed by atoms with Gasteiger partial charge in [-0.1, -0.05) is 0 Å². The highest BCUT2D eigenvalue weighted by atomic mass is 32.2. The normalized spacial score (nSPS) is 22.1. The highest BCUT2D eigenvalue weighted by Gasteiger charge is 2.35. The summed E-state index contributed by atoms with van der Waals surface area (Å²) in [5, 5.41) is 0. The molecule has 3 rings (SSSR count). The van der Waals surface area contributed by atoms with Crippen LogP contribution in [0.5, 0.6) is 0 Å². The molecular formula is C13H18FN3O2S. The Balaban J connectivity index is 1.78. The molecule has 2 fully saturated rings. The molecule has 20 heavy (non-hydrogen) atoms. The Bertz CT molecular complexity index is 608. The minimum atomic E-state index is -3.76. The van der Waals surface area contributed by atoms with Gasteiger partial charge < -0.3 is 5.73 Å². The first-order valence-corrected chi connectivity index (χ1v) is 8.22. The van der Waals surface area contributed by atoms with Gasteiger partial charge in [0.2, 0.25) is 10.0 Å². The lowest BCUT2D eigenvalue weighted by molar-refractivity contribution is 0.180.